The Bertz CT molecular complexity index is 1050. The van der Waals surface area contributed by atoms with E-state index in [0.717, 1.165) is 5.56 Å². The summed E-state index contributed by atoms with van der Waals surface area (Å²) >= 11 is 0. The van der Waals surface area contributed by atoms with Crippen LogP contribution in [0.2, 0.25) is 0 Å². The van der Waals surface area contributed by atoms with Gasteiger partial charge in [-0.15, -0.1) is 0 Å². The van der Waals surface area contributed by atoms with Crippen molar-refractivity contribution in [2.24, 2.45) is 5.92 Å². The Hall–Kier alpha value is -3.12. The molecule has 1 aliphatic rings. The number of ether oxygens (including phenoxy) is 1. The molecule has 1 heterocycles. The van der Waals surface area contributed by atoms with Gasteiger partial charge in [-0.2, -0.15) is 26.3 Å². The summed E-state index contributed by atoms with van der Waals surface area (Å²) in [6.45, 7) is 0.483. The van der Waals surface area contributed by atoms with Crippen LogP contribution in [0, 0.1) is 5.92 Å². The zero-order valence-corrected chi connectivity index (χ0v) is 20.3. The molecule has 0 bridgehead atoms. The maximum absolute atomic E-state index is 13.1. The second kappa shape index (κ2) is 12.6. The van der Waals surface area contributed by atoms with Crippen LogP contribution in [-0.4, -0.2) is 54.7 Å². The highest BCUT2D eigenvalue weighted by molar-refractivity contribution is 5.78. The number of carboxylic acids is 1. The summed E-state index contributed by atoms with van der Waals surface area (Å²) in [6, 6.07) is 10.2. The van der Waals surface area contributed by atoms with Crippen molar-refractivity contribution in [3.8, 4) is 0 Å². The molecule has 0 radical (unpaired) electrons. The average molecular weight is 547 g/mol. The summed E-state index contributed by atoms with van der Waals surface area (Å²) in [5.41, 5.74) is -2.31. The van der Waals surface area contributed by atoms with E-state index in [1.165, 1.54) is 0 Å². The van der Waals surface area contributed by atoms with E-state index >= 15 is 0 Å². The lowest BCUT2D eigenvalue weighted by Crippen LogP contribution is -2.43. The first-order valence-electron chi connectivity index (χ1n) is 12.0. The summed E-state index contributed by atoms with van der Waals surface area (Å²) in [5.74, 6) is -1.82. The number of benzene rings is 2. The summed E-state index contributed by atoms with van der Waals surface area (Å²) in [7, 11) is 0. The van der Waals surface area contributed by atoms with Gasteiger partial charge in [0, 0.05) is 18.4 Å². The highest BCUT2D eigenvalue weighted by atomic mass is 19.4. The molecule has 1 saturated heterocycles. The van der Waals surface area contributed by atoms with Gasteiger partial charge >= 0.3 is 18.3 Å². The molecule has 1 amide bonds. The molecule has 12 heteroatoms. The smallest absolute Gasteiger partial charge is 0.416 e. The predicted molar refractivity (Wildman–Crippen MR) is 125 cm³/mol. The molecule has 38 heavy (non-hydrogen) atoms. The normalized spacial score (nSPS) is 16.3. The molecule has 208 valence electrons. The van der Waals surface area contributed by atoms with Gasteiger partial charge in [-0.25, -0.2) is 0 Å². The lowest BCUT2D eigenvalue weighted by Gasteiger charge is -2.30. The van der Waals surface area contributed by atoms with Gasteiger partial charge in [0.15, 0.2) is 0 Å². The zero-order valence-electron chi connectivity index (χ0n) is 20.3. The number of carboxylic acid groups (broad SMARTS) is 1. The fourth-order valence-corrected chi connectivity index (χ4v) is 4.33. The zero-order chi connectivity index (χ0) is 27.9. The number of carbonyl (C=O) groups excluding carboxylic acids is 1. The van der Waals surface area contributed by atoms with E-state index in [0.29, 0.717) is 38.1 Å². The number of nitrogens with one attached hydrogen (secondary N) is 1. The number of carbonyl (C=O) groups is 2. The first-order chi connectivity index (χ1) is 17.8. The average Bonchev–Trinajstić information content (AvgIpc) is 2.85. The van der Waals surface area contributed by atoms with Gasteiger partial charge in [0.25, 0.3) is 0 Å². The van der Waals surface area contributed by atoms with Crippen molar-refractivity contribution >= 4 is 11.9 Å². The molecule has 1 fully saturated rings. The molecule has 6 nitrogen and oxygen atoms in total. The Labute approximate surface area is 215 Å². The van der Waals surface area contributed by atoms with Gasteiger partial charge < -0.3 is 15.2 Å². The molecule has 3 rings (SSSR count). The van der Waals surface area contributed by atoms with Gasteiger partial charge in [-0.05, 0) is 55.3 Å². The molecule has 1 aliphatic heterocycles. The monoisotopic (exact) mass is 546 g/mol. The van der Waals surface area contributed by atoms with Crippen molar-refractivity contribution in [2.75, 3.05) is 32.8 Å². The topological polar surface area (TPSA) is 78.9 Å². The number of aliphatic carboxylic acids is 1. The number of piperidine rings is 1. The number of rotatable bonds is 10. The minimum atomic E-state index is -4.95. The molecule has 0 aliphatic carbocycles. The van der Waals surface area contributed by atoms with E-state index in [2.05, 4.69) is 5.32 Å². The van der Waals surface area contributed by atoms with E-state index in [1.807, 2.05) is 0 Å². The number of nitrogens with zero attached hydrogens (tertiary/aromatic N) is 1. The van der Waals surface area contributed by atoms with E-state index in [9.17, 15) is 35.9 Å². The Morgan fingerprint density at radius 1 is 0.974 bits per heavy atom. The molecular weight excluding hydrogens is 518 g/mol. The van der Waals surface area contributed by atoms with Crippen molar-refractivity contribution in [3.63, 3.8) is 0 Å². The summed E-state index contributed by atoms with van der Waals surface area (Å²) in [5, 5.41) is 11.8. The highest BCUT2D eigenvalue weighted by Crippen LogP contribution is 2.36. The van der Waals surface area contributed by atoms with Gasteiger partial charge in [0.05, 0.1) is 30.9 Å². The highest BCUT2D eigenvalue weighted by Gasteiger charge is 2.37. The van der Waals surface area contributed by atoms with Crippen LogP contribution in [0.25, 0.3) is 0 Å². The van der Waals surface area contributed by atoms with Crippen molar-refractivity contribution in [3.05, 3.63) is 70.8 Å². The van der Waals surface area contributed by atoms with Crippen LogP contribution < -0.4 is 5.32 Å². The Morgan fingerprint density at radius 2 is 1.55 bits per heavy atom. The second-order valence-electron chi connectivity index (χ2n) is 9.23. The maximum atomic E-state index is 13.1. The van der Waals surface area contributed by atoms with Crippen molar-refractivity contribution < 1.29 is 45.8 Å². The molecule has 1 unspecified atom stereocenters. The van der Waals surface area contributed by atoms with E-state index < -0.39 is 42.0 Å². The number of alkyl halides is 6. The third-order valence-electron chi connectivity index (χ3n) is 6.35. The SMILES string of the molecule is O=C(O)CN1CCC(C(=O)NCC(COCc2cc(C(F)(F)F)cc(C(F)(F)F)c2)c2ccccc2)CC1. The standard InChI is InChI=1S/C26H28F6N2O4/c27-25(28,29)21-10-17(11-22(12-21)26(30,31)32)15-38-16-20(18-4-2-1-3-5-18)13-33-24(37)19-6-8-34(9-7-19)14-23(35)36/h1-5,10-12,19-20H,6-9,13-16H2,(H,33,37)(H,35,36). The van der Waals surface area contributed by atoms with Crippen molar-refractivity contribution in [2.45, 2.75) is 37.7 Å². The third kappa shape index (κ3) is 8.73. The molecule has 0 aromatic heterocycles. The Morgan fingerprint density at radius 3 is 2.08 bits per heavy atom. The van der Waals surface area contributed by atoms with Crippen LogP contribution in [0.4, 0.5) is 26.3 Å². The van der Waals surface area contributed by atoms with Crippen LogP contribution in [0.15, 0.2) is 48.5 Å². The van der Waals surface area contributed by atoms with Gasteiger partial charge in [0.2, 0.25) is 5.91 Å². The summed E-state index contributed by atoms with van der Waals surface area (Å²) in [6.07, 6.45) is -8.89. The molecule has 2 aromatic carbocycles. The number of likely N-dealkylation sites (tertiary alicyclic amines) is 1. The fourth-order valence-electron chi connectivity index (χ4n) is 4.33. The summed E-state index contributed by atoms with van der Waals surface area (Å²) < 4.78 is 84.4. The molecular formula is C26H28F6N2O4. The molecule has 2 aromatic rings. The minimum absolute atomic E-state index is 0.0566. The Balaban J connectivity index is 1.62. The number of amides is 1. The number of hydrogen-bond acceptors (Lipinski definition) is 4. The van der Waals surface area contributed by atoms with E-state index in [4.69, 9.17) is 9.84 Å². The van der Waals surface area contributed by atoms with Gasteiger partial charge in [0.1, 0.15) is 0 Å². The quantitative estimate of drug-likeness (QED) is 0.413. The van der Waals surface area contributed by atoms with Gasteiger partial charge in [-0.1, -0.05) is 30.3 Å². The Kier molecular flexibility index (Phi) is 9.77. The molecule has 0 saturated carbocycles. The number of hydrogen-bond donors (Lipinski definition) is 2. The van der Waals surface area contributed by atoms with Crippen LogP contribution in [0.3, 0.4) is 0 Å². The molecule has 0 spiro atoms. The second-order valence-corrected chi connectivity index (χ2v) is 9.23. The predicted octanol–water partition coefficient (Wildman–Crippen LogP) is 4.94. The lowest BCUT2D eigenvalue weighted by atomic mass is 9.95. The van der Waals surface area contributed by atoms with Crippen LogP contribution >= 0.6 is 0 Å². The van der Waals surface area contributed by atoms with Crippen LogP contribution in [-0.2, 0) is 33.3 Å². The fraction of sp³-hybridized carbons (Fsp3) is 0.462. The molecule has 1 atom stereocenters. The van der Waals surface area contributed by atoms with E-state index in [-0.39, 0.29) is 43.2 Å². The minimum Gasteiger partial charge on any atom is -0.480 e. The van der Waals surface area contributed by atoms with Gasteiger partial charge in [-0.3, -0.25) is 14.5 Å². The van der Waals surface area contributed by atoms with Crippen LogP contribution in [0.5, 0.6) is 0 Å². The number of halogens is 6. The van der Waals surface area contributed by atoms with Crippen molar-refractivity contribution in [1.29, 1.82) is 0 Å². The lowest BCUT2D eigenvalue weighted by molar-refractivity contribution is -0.143. The first-order valence-corrected chi connectivity index (χ1v) is 12.0. The van der Waals surface area contributed by atoms with Crippen molar-refractivity contribution in [1.82, 2.24) is 10.2 Å². The summed E-state index contributed by atoms with van der Waals surface area (Å²) in [4.78, 5) is 25.3. The largest absolute Gasteiger partial charge is 0.480 e. The van der Waals surface area contributed by atoms with Crippen LogP contribution in [0.1, 0.15) is 41.0 Å². The molecule has 2 N–H and O–H groups in total. The third-order valence-corrected chi connectivity index (χ3v) is 6.35. The van der Waals surface area contributed by atoms with E-state index in [1.54, 1.807) is 35.2 Å². The maximum Gasteiger partial charge on any atom is 0.416 e. The first kappa shape index (κ1) is 29.4.